The Bertz CT molecular complexity index is 685. The Morgan fingerprint density at radius 1 is 1.00 bits per heavy atom. The van der Waals surface area contributed by atoms with E-state index in [0.29, 0.717) is 0 Å². The fraction of sp³-hybridized carbons (Fsp3) is 0.176. The van der Waals surface area contributed by atoms with Crippen LogP contribution in [0, 0.1) is 5.41 Å². The van der Waals surface area contributed by atoms with Crippen molar-refractivity contribution in [3.63, 3.8) is 0 Å². The number of rotatable bonds is 0. The van der Waals surface area contributed by atoms with E-state index in [2.05, 4.69) is 67.8 Å². The average molecular weight is 235 g/mol. The first-order valence-corrected chi connectivity index (χ1v) is 6.30. The van der Waals surface area contributed by atoms with Crippen LogP contribution in [0.5, 0.6) is 0 Å². The molecule has 90 valence electrons. The Kier molecular flexibility index (Phi) is 2.48. The van der Waals surface area contributed by atoms with Gasteiger partial charge in [-0.3, -0.25) is 0 Å². The van der Waals surface area contributed by atoms with E-state index in [4.69, 9.17) is 0 Å². The molecule has 0 atom stereocenters. The van der Waals surface area contributed by atoms with Gasteiger partial charge in [0.2, 0.25) is 0 Å². The van der Waals surface area contributed by atoms with Gasteiger partial charge < -0.3 is 5.32 Å². The van der Waals surface area contributed by atoms with Gasteiger partial charge in [-0.15, -0.1) is 0 Å². The van der Waals surface area contributed by atoms with E-state index in [1.807, 2.05) is 12.3 Å². The molecule has 0 amide bonds. The van der Waals surface area contributed by atoms with Crippen LogP contribution in [0.4, 0.5) is 5.69 Å². The molecular weight excluding hydrogens is 218 g/mol. The third kappa shape index (κ3) is 2.04. The molecule has 0 unspecified atom stereocenters. The molecule has 3 rings (SSSR count). The van der Waals surface area contributed by atoms with Gasteiger partial charge in [0.15, 0.2) is 0 Å². The van der Waals surface area contributed by atoms with Crippen molar-refractivity contribution >= 4 is 23.9 Å². The molecular formula is C17H17N. The predicted octanol–water partition coefficient (Wildman–Crippen LogP) is 2.80. The van der Waals surface area contributed by atoms with Gasteiger partial charge in [-0.1, -0.05) is 50.3 Å². The fourth-order valence-electron chi connectivity index (χ4n) is 2.38. The van der Waals surface area contributed by atoms with Gasteiger partial charge in [0, 0.05) is 17.3 Å². The third-order valence-electron chi connectivity index (χ3n) is 3.31. The van der Waals surface area contributed by atoms with Crippen LogP contribution in [0.3, 0.4) is 0 Å². The standard InChI is InChI=1S/C17H17N/c1-17(2)8-5-7-13-11-16-14(10-15(13)12-17)6-3-4-9-18-16/h3-12,18H,1-2H3. The van der Waals surface area contributed by atoms with Crippen LogP contribution in [0.15, 0.2) is 42.6 Å². The molecule has 0 spiro atoms. The quantitative estimate of drug-likeness (QED) is 0.729. The summed E-state index contributed by atoms with van der Waals surface area (Å²) in [5.74, 6) is 0. The summed E-state index contributed by atoms with van der Waals surface area (Å²) in [6, 6.07) is 4.47. The molecule has 1 aromatic rings. The maximum atomic E-state index is 3.32. The van der Waals surface area contributed by atoms with Crippen LogP contribution in [0.25, 0.3) is 18.2 Å². The number of anilines is 1. The Morgan fingerprint density at radius 2 is 1.89 bits per heavy atom. The zero-order valence-electron chi connectivity index (χ0n) is 10.8. The van der Waals surface area contributed by atoms with E-state index in [1.165, 1.54) is 16.0 Å². The van der Waals surface area contributed by atoms with Crippen molar-refractivity contribution in [1.82, 2.24) is 0 Å². The van der Waals surface area contributed by atoms with E-state index in [-0.39, 0.29) is 5.41 Å². The van der Waals surface area contributed by atoms with E-state index in [0.717, 1.165) is 5.69 Å². The van der Waals surface area contributed by atoms with Crippen molar-refractivity contribution in [3.8, 4) is 0 Å². The zero-order valence-corrected chi connectivity index (χ0v) is 10.8. The number of nitrogens with one attached hydrogen (secondary N) is 1. The minimum atomic E-state index is 0.107. The Hall–Kier alpha value is -2.02. The molecule has 1 aromatic carbocycles. The molecule has 0 saturated carbocycles. The number of benzene rings is 1. The largest absolute Gasteiger partial charge is 0.361 e. The van der Waals surface area contributed by atoms with Crippen molar-refractivity contribution in [2.45, 2.75) is 13.8 Å². The lowest BCUT2D eigenvalue weighted by molar-refractivity contribution is 0.671. The SMILES string of the molecule is CC1(C)C=CC=c2cc3c(cc2=C1)C=CC=CN3. The van der Waals surface area contributed by atoms with Crippen LogP contribution in [-0.2, 0) is 0 Å². The second kappa shape index (κ2) is 4.02. The highest BCUT2D eigenvalue weighted by Crippen LogP contribution is 2.21. The van der Waals surface area contributed by atoms with Gasteiger partial charge in [0.1, 0.15) is 0 Å². The summed E-state index contributed by atoms with van der Waals surface area (Å²) >= 11 is 0. The lowest BCUT2D eigenvalue weighted by atomic mass is 9.92. The molecule has 0 radical (unpaired) electrons. The highest BCUT2D eigenvalue weighted by atomic mass is 14.8. The molecule has 18 heavy (non-hydrogen) atoms. The highest BCUT2D eigenvalue weighted by molar-refractivity contribution is 5.71. The second-order valence-corrected chi connectivity index (χ2v) is 5.42. The maximum Gasteiger partial charge on any atom is 0.0459 e. The lowest BCUT2D eigenvalue weighted by Crippen LogP contribution is -2.26. The predicted molar refractivity (Wildman–Crippen MR) is 79.3 cm³/mol. The van der Waals surface area contributed by atoms with Crippen molar-refractivity contribution in [2.24, 2.45) is 5.41 Å². The monoisotopic (exact) mass is 235 g/mol. The molecule has 1 N–H and O–H groups in total. The lowest BCUT2D eigenvalue weighted by Gasteiger charge is -2.13. The second-order valence-electron chi connectivity index (χ2n) is 5.42. The fourth-order valence-corrected chi connectivity index (χ4v) is 2.38. The van der Waals surface area contributed by atoms with Crippen LogP contribution < -0.4 is 15.8 Å². The minimum absolute atomic E-state index is 0.107. The smallest absolute Gasteiger partial charge is 0.0459 e. The van der Waals surface area contributed by atoms with Gasteiger partial charge >= 0.3 is 0 Å². The number of allylic oxidation sites excluding steroid dienone is 4. The summed E-state index contributed by atoms with van der Waals surface area (Å²) in [5.41, 5.74) is 2.51. The summed E-state index contributed by atoms with van der Waals surface area (Å²) in [6.45, 7) is 4.46. The molecule has 1 nitrogen and oxygen atoms in total. The molecule has 0 fully saturated rings. The van der Waals surface area contributed by atoms with Crippen LogP contribution >= 0.6 is 0 Å². The molecule has 1 heteroatoms. The molecule has 0 aromatic heterocycles. The molecule has 0 saturated heterocycles. The molecule has 0 bridgehead atoms. The van der Waals surface area contributed by atoms with Crippen molar-refractivity contribution < 1.29 is 0 Å². The summed E-state index contributed by atoms with van der Waals surface area (Å²) in [6.07, 6.45) is 17.1. The van der Waals surface area contributed by atoms with E-state index in [1.54, 1.807) is 0 Å². The van der Waals surface area contributed by atoms with Gasteiger partial charge in [0.05, 0.1) is 0 Å². The number of hydrogen-bond donors (Lipinski definition) is 1. The summed E-state index contributed by atoms with van der Waals surface area (Å²) in [4.78, 5) is 0. The molecule has 2 aliphatic rings. The van der Waals surface area contributed by atoms with Crippen LogP contribution in [-0.4, -0.2) is 0 Å². The van der Waals surface area contributed by atoms with E-state index >= 15 is 0 Å². The first-order chi connectivity index (χ1) is 8.64. The first kappa shape index (κ1) is 11.1. The normalized spacial score (nSPS) is 18.6. The average Bonchev–Trinajstić information content (AvgIpc) is 2.60. The maximum absolute atomic E-state index is 3.32. The third-order valence-corrected chi connectivity index (χ3v) is 3.31. The topological polar surface area (TPSA) is 12.0 Å². The van der Waals surface area contributed by atoms with Gasteiger partial charge in [0.25, 0.3) is 0 Å². The van der Waals surface area contributed by atoms with Gasteiger partial charge in [-0.05, 0) is 34.2 Å². The van der Waals surface area contributed by atoms with E-state index < -0.39 is 0 Å². The summed E-state index contributed by atoms with van der Waals surface area (Å²) in [7, 11) is 0. The Balaban J connectivity index is 2.30. The molecule has 1 aliphatic heterocycles. The number of fused-ring (bicyclic) bond motifs is 2. The van der Waals surface area contributed by atoms with Gasteiger partial charge in [-0.25, -0.2) is 0 Å². The molecule has 1 aliphatic carbocycles. The van der Waals surface area contributed by atoms with Crippen molar-refractivity contribution in [3.05, 3.63) is 58.6 Å². The summed E-state index contributed by atoms with van der Waals surface area (Å²) in [5, 5.41) is 5.89. The van der Waals surface area contributed by atoms with Gasteiger partial charge in [-0.2, -0.15) is 0 Å². The Morgan fingerprint density at radius 3 is 2.78 bits per heavy atom. The Labute approximate surface area is 108 Å². The summed E-state index contributed by atoms with van der Waals surface area (Å²) < 4.78 is 0. The number of hydrogen-bond acceptors (Lipinski definition) is 1. The minimum Gasteiger partial charge on any atom is -0.361 e. The van der Waals surface area contributed by atoms with E-state index in [9.17, 15) is 0 Å². The van der Waals surface area contributed by atoms with Crippen LogP contribution in [0.1, 0.15) is 19.4 Å². The first-order valence-electron chi connectivity index (χ1n) is 6.30. The molecule has 1 heterocycles. The van der Waals surface area contributed by atoms with Crippen molar-refractivity contribution in [2.75, 3.05) is 5.32 Å². The highest BCUT2D eigenvalue weighted by Gasteiger charge is 2.11. The van der Waals surface area contributed by atoms with Crippen LogP contribution in [0.2, 0.25) is 0 Å². The van der Waals surface area contributed by atoms with Crippen molar-refractivity contribution in [1.29, 1.82) is 0 Å². The zero-order chi connectivity index (χ0) is 12.6.